The van der Waals surface area contributed by atoms with E-state index in [-0.39, 0.29) is 0 Å². The lowest BCUT2D eigenvalue weighted by Crippen LogP contribution is -2.07. The van der Waals surface area contributed by atoms with Crippen molar-refractivity contribution in [3.05, 3.63) is 0 Å². The molecule has 178 valence electrons. The molecule has 0 unspecified atom stereocenters. The predicted octanol–water partition coefficient (Wildman–Crippen LogP) is 10.2. The lowest BCUT2D eigenvalue weighted by Gasteiger charge is -2.07. The minimum absolute atomic E-state index is 0.659. The summed E-state index contributed by atoms with van der Waals surface area (Å²) < 4.78 is 0. The average Bonchev–Trinajstić information content (AvgIpc) is 2.70. The Morgan fingerprint density at radius 1 is 0.467 bits per heavy atom. The summed E-state index contributed by atoms with van der Waals surface area (Å²) in [6.45, 7) is 0.659. The van der Waals surface area contributed by atoms with Gasteiger partial charge in [-0.05, 0) is 12.5 Å². The Labute approximate surface area is 202 Å². The maximum absolute atomic E-state index is 9.94. The maximum atomic E-state index is 9.94. The van der Waals surface area contributed by atoms with E-state index >= 15 is 0 Å². The van der Waals surface area contributed by atoms with Gasteiger partial charge in [0, 0.05) is 0 Å². The lowest BCUT2D eigenvalue weighted by molar-refractivity contribution is 0.520. The van der Waals surface area contributed by atoms with Crippen LogP contribution >= 0.6 is 33.2 Å². The van der Waals surface area contributed by atoms with Crippen LogP contribution in [0.2, 0.25) is 6.04 Å². The molecule has 0 aliphatic rings. The van der Waals surface area contributed by atoms with E-state index in [0.717, 1.165) is 18.9 Å². The SMILES string of the molecule is O=C=NCCCCCCCCCCCCCCCCCCCCCCC[Si](Cl)(Cl)Cl. The first-order valence-corrected chi connectivity index (χ1v) is 17.9. The average molecular weight is 499 g/mol. The zero-order valence-corrected chi connectivity index (χ0v) is 22.5. The number of unbranched alkanes of at least 4 members (excludes halogenated alkanes) is 20. The van der Waals surface area contributed by atoms with E-state index in [0.29, 0.717) is 6.54 Å². The fourth-order valence-electron chi connectivity index (χ4n) is 3.92. The van der Waals surface area contributed by atoms with Gasteiger partial charge in [0.1, 0.15) is 0 Å². The zero-order valence-electron chi connectivity index (χ0n) is 19.3. The molecule has 0 aliphatic heterocycles. The van der Waals surface area contributed by atoms with Gasteiger partial charge in [-0.2, -0.15) is 0 Å². The van der Waals surface area contributed by atoms with Crippen LogP contribution in [-0.4, -0.2) is 18.6 Å². The van der Waals surface area contributed by atoms with Crippen LogP contribution in [0.15, 0.2) is 4.99 Å². The summed E-state index contributed by atoms with van der Waals surface area (Å²) in [7, 11) is 0. The van der Waals surface area contributed by atoms with Gasteiger partial charge in [0.05, 0.1) is 6.54 Å². The molecule has 0 fully saturated rings. The summed E-state index contributed by atoms with van der Waals surface area (Å²) in [4.78, 5) is 13.5. The second-order valence-electron chi connectivity index (χ2n) is 8.76. The third-order valence-corrected chi connectivity index (χ3v) is 8.42. The van der Waals surface area contributed by atoms with E-state index in [1.54, 1.807) is 6.08 Å². The minimum Gasteiger partial charge on any atom is -0.211 e. The van der Waals surface area contributed by atoms with E-state index in [1.165, 1.54) is 122 Å². The van der Waals surface area contributed by atoms with Crippen LogP contribution in [0.5, 0.6) is 0 Å². The van der Waals surface area contributed by atoms with Crippen molar-refractivity contribution in [3.63, 3.8) is 0 Å². The van der Waals surface area contributed by atoms with Crippen molar-refractivity contribution in [1.29, 1.82) is 0 Å². The Hall–Kier alpha value is 0.467. The van der Waals surface area contributed by atoms with Gasteiger partial charge in [0.2, 0.25) is 6.08 Å². The maximum Gasteiger partial charge on any atom is 0.341 e. The normalized spacial score (nSPS) is 11.6. The van der Waals surface area contributed by atoms with Gasteiger partial charge in [-0.15, -0.1) is 33.2 Å². The number of hydrogen-bond donors (Lipinski definition) is 0. The van der Waals surface area contributed by atoms with Crippen LogP contribution in [0.1, 0.15) is 135 Å². The van der Waals surface area contributed by atoms with Crippen LogP contribution in [-0.2, 0) is 4.79 Å². The minimum atomic E-state index is -2.37. The topological polar surface area (TPSA) is 29.4 Å². The molecular weight excluding hydrogens is 453 g/mol. The first kappa shape index (κ1) is 30.5. The first-order valence-electron chi connectivity index (χ1n) is 12.7. The van der Waals surface area contributed by atoms with Gasteiger partial charge in [0.25, 0.3) is 0 Å². The molecule has 0 bridgehead atoms. The van der Waals surface area contributed by atoms with E-state index in [2.05, 4.69) is 4.99 Å². The van der Waals surface area contributed by atoms with Crippen LogP contribution in [0.25, 0.3) is 0 Å². The summed E-state index contributed by atoms with van der Waals surface area (Å²) in [6.07, 6.45) is 29.7. The second-order valence-corrected chi connectivity index (χ2v) is 18.0. The zero-order chi connectivity index (χ0) is 22.2. The van der Waals surface area contributed by atoms with Crippen molar-refractivity contribution in [3.8, 4) is 0 Å². The Morgan fingerprint density at radius 2 is 0.733 bits per heavy atom. The molecule has 0 rings (SSSR count). The number of aliphatic imine (C=N–C) groups is 1. The second kappa shape index (κ2) is 24.1. The highest BCUT2D eigenvalue weighted by molar-refractivity contribution is 7.64. The lowest BCUT2D eigenvalue weighted by atomic mass is 10.0. The fourth-order valence-corrected chi connectivity index (χ4v) is 5.77. The highest BCUT2D eigenvalue weighted by atomic mass is 35.8. The molecule has 0 aromatic heterocycles. The molecule has 0 radical (unpaired) electrons. The summed E-state index contributed by atoms with van der Waals surface area (Å²) in [5, 5.41) is 0. The van der Waals surface area contributed by atoms with E-state index in [9.17, 15) is 4.79 Å². The quantitative estimate of drug-likeness (QED) is 0.0427. The van der Waals surface area contributed by atoms with Crippen molar-refractivity contribution < 1.29 is 4.79 Å². The number of carbonyl (C=O) groups excluding carboxylic acids is 1. The van der Waals surface area contributed by atoms with Crippen LogP contribution in [0.3, 0.4) is 0 Å². The highest BCUT2D eigenvalue weighted by Crippen LogP contribution is 2.27. The van der Waals surface area contributed by atoms with E-state index in [1.807, 2.05) is 0 Å². The molecule has 0 atom stereocenters. The molecule has 0 amide bonds. The third-order valence-electron chi connectivity index (χ3n) is 5.79. The molecule has 0 aromatic carbocycles. The Morgan fingerprint density at radius 3 is 1.00 bits per heavy atom. The molecule has 0 heterocycles. The molecule has 30 heavy (non-hydrogen) atoms. The number of hydrogen-bond acceptors (Lipinski definition) is 2. The smallest absolute Gasteiger partial charge is 0.211 e. The molecule has 0 aromatic rings. The molecule has 6 heteroatoms. The van der Waals surface area contributed by atoms with Crippen molar-refractivity contribution in [1.82, 2.24) is 0 Å². The van der Waals surface area contributed by atoms with Crippen LogP contribution < -0.4 is 0 Å². The number of isocyanates is 1. The van der Waals surface area contributed by atoms with Crippen molar-refractivity contribution >= 4 is 45.3 Å². The monoisotopic (exact) mass is 497 g/mol. The molecule has 0 saturated heterocycles. The van der Waals surface area contributed by atoms with Gasteiger partial charge >= 0.3 is 6.00 Å². The van der Waals surface area contributed by atoms with Gasteiger partial charge in [-0.3, -0.25) is 0 Å². The number of halogens is 3. The number of rotatable bonds is 24. The van der Waals surface area contributed by atoms with Crippen LogP contribution in [0.4, 0.5) is 0 Å². The standard InChI is InChI=1S/C24H46Cl3NOSi/c25-30(26,27)23-21-19-17-15-13-11-9-7-5-3-1-2-4-6-8-10-12-14-16-18-20-22-28-24-29/h1-23H2. The first-order chi connectivity index (χ1) is 14.6. The van der Waals surface area contributed by atoms with Gasteiger partial charge in [-0.1, -0.05) is 128 Å². The van der Waals surface area contributed by atoms with Gasteiger partial charge in [-0.25, -0.2) is 9.79 Å². The third kappa shape index (κ3) is 28.5. The summed E-state index contributed by atoms with van der Waals surface area (Å²) in [6, 6.07) is -1.55. The molecule has 0 spiro atoms. The van der Waals surface area contributed by atoms with Gasteiger partial charge in [0.15, 0.2) is 0 Å². The van der Waals surface area contributed by atoms with Gasteiger partial charge < -0.3 is 0 Å². The van der Waals surface area contributed by atoms with E-state index in [4.69, 9.17) is 33.2 Å². The Balaban J connectivity index is 3.04. The molecule has 2 nitrogen and oxygen atoms in total. The fraction of sp³-hybridized carbons (Fsp3) is 0.958. The molecular formula is C24H46Cl3NOSi. The number of nitrogens with zero attached hydrogens (tertiary/aromatic N) is 1. The van der Waals surface area contributed by atoms with E-state index < -0.39 is 6.00 Å². The molecule has 0 saturated carbocycles. The highest BCUT2D eigenvalue weighted by Gasteiger charge is 2.23. The van der Waals surface area contributed by atoms with Crippen molar-refractivity contribution in [2.45, 2.75) is 141 Å². The largest absolute Gasteiger partial charge is 0.341 e. The Bertz CT molecular complexity index is 398. The summed E-state index contributed by atoms with van der Waals surface area (Å²) in [5.74, 6) is 0. The van der Waals surface area contributed by atoms with Crippen LogP contribution in [0, 0.1) is 0 Å². The molecule has 0 N–H and O–H groups in total. The predicted molar refractivity (Wildman–Crippen MR) is 138 cm³/mol. The van der Waals surface area contributed by atoms with Crippen molar-refractivity contribution in [2.75, 3.05) is 6.54 Å². The Kier molecular flexibility index (Phi) is 24.5. The van der Waals surface area contributed by atoms with Crippen molar-refractivity contribution in [2.24, 2.45) is 4.99 Å². The summed E-state index contributed by atoms with van der Waals surface area (Å²) >= 11 is 17.7. The molecule has 0 aliphatic carbocycles. The summed E-state index contributed by atoms with van der Waals surface area (Å²) in [5.41, 5.74) is 0.